The summed E-state index contributed by atoms with van der Waals surface area (Å²) in [6.45, 7) is 4.20. The highest BCUT2D eigenvalue weighted by molar-refractivity contribution is 5.00. The molecule has 0 spiro atoms. The molecule has 28 heavy (non-hydrogen) atoms. The quantitative estimate of drug-likeness (QED) is 0.758. The van der Waals surface area contributed by atoms with Crippen LogP contribution in [0.2, 0.25) is 0 Å². The van der Waals surface area contributed by atoms with Crippen LogP contribution in [0.15, 0.2) is 0 Å². The zero-order valence-electron chi connectivity index (χ0n) is 17.8. The van der Waals surface area contributed by atoms with Crippen LogP contribution in [0.4, 0.5) is 0 Å². The third-order valence-electron chi connectivity index (χ3n) is 8.73. The van der Waals surface area contributed by atoms with E-state index in [-0.39, 0.29) is 37.3 Å². The lowest BCUT2D eigenvalue weighted by molar-refractivity contribution is -0.454. The van der Waals surface area contributed by atoms with Crippen LogP contribution in [0.5, 0.6) is 0 Å². The molecule has 0 aromatic rings. The van der Waals surface area contributed by atoms with Crippen LogP contribution in [0.1, 0.15) is 52.4 Å². The summed E-state index contributed by atoms with van der Waals surface area (Å²) in [5.41, 5.74) is 0. The van der Waals surface area contributed by atoms with E-state index in [1.54, 1.807) is 14.2 Å². The Morgan fingerprint density at radius 1 is 0.679 bits per heavy atom. The van der Waals surface area contributed by atoms with Crippen LogP contribution in [0.3, 0.4) is 0 Å². The van der Waals surface area contributed by atoms with Crippen LogP contribution in [0, 0.1) is 35.5 Å². The van der Waals surface area contributed by atoms with Gasteiger partial charge in [-0.05, 0) is 87.9 Å². The van der Waals surface area contributed by atoms with E-state index >= 15 is 0 Å². The zero-order chi connectivity index (χ0) is 20.1. The fourth-order valence-electron chi connectivity index (χ4n) is 6.72. The fraction of sp³-hybridized carbons (Fsp3) is 1.00. The monoisotopic (exact) mass is 398 g/mol. The molecule has 1 aliphatic heterocycles. The molecule has 162 valence electrons. The summed E-state index contributed by atoms with van der Waals surface area (Å²) in [6, 6.07) is 0. The van der Waals surface area contributed by atoms with Crippen molar-refractivity contribution in [3.8, 4) is 0 Å². The number of hydrogen-bond donors (Lipinski definition) is 2. The number of aliphatic hydroxyl groups is 2. The Kier molecular flexibility index (Phi) is 5.84. The van der Waals surface area contributed by atoms with E-state index in [0.29, 0.717) is 23.7 Å². The molecule has 0 aromatic carbocycles. The molecule has 4 rings (SSSR count). The predicted molar refractivity (Wildman–Crippen MR) is 103 cm³/mol. The second kappa shape index (κ2) is 7.78. The van der Waals surface area contributed by atoms with E-state index in [1.165, 1.54) is 12.8 Å². The number of methoxy groups -OCH3 is 2. The highest BCUT2D eigenvalue weighted by atomic mass is 16.8. The number of rotatable bonds is 4. The Labute approximate surface area is 168 Å². The minimum atomic E-state index is -0.922. The number of hydrogen-bond acceptors (Lipinski definition) is 6. The molecule has 3 aliphatic carbocycles. The predicted octanol–water partition coefficient (Wildman–Crippen LogP) is 2.56. The van der Waals surface area contributed by atoms with Crippen molar-refractivity contribution in [3.63, 3.8) is 0 Å². The number of fused-ring (bicyclic) bond motifs is 3. The summed E-state index contributed by atoms with van der Waals surface area (Å²) in [4.78, 5) is 0. The first-order valence-electron chi connectivity index (χ1n) is 11.0. The second-order valence-corrected chi connectivity index (χ2v) is 9.95. The molecule has 1 heterocycles. The summed E-state index contributed by atoms with van der Waals surface area (Å²) in [6.07, 6.45) is 6.61. The van der Waals surface area contributed by atoms with Gasteiger partial charge in [-0.2, -0.15) is 0 Å². The fourth-order valence-corrected chi connectivity index (χ4v) is 6.72. The molecule has 0 aromatic heterocycles. The van der Waals surface area contributed by atoms with Gasteiger partial charge in [0.05, 0.1) is 12.2 Å². The Balaban J connectivity index is 1.48. The van der Waals surface area contributed by atoms with Gasteiger partial charge in [0.15, 0.2) is 0 Å². The molecular formula is C22H38O6. The molecule has 4 fully saturated rings. The van der Waals surface area contributed by atoms with Gasteiger partial charge in [0.1, 0.15) is 0 Å². The lowest BCUT2D eigenvalue weighted by Crippen LogP contribution is -2.66. The van der Waals surface area contributed by atoms with Gasteiger partial charge in [-0.1, -0.05) is 0 Å². The Hall–Kier alpha value is -0.240. The van der Waals surface area contributed by atoms with Crippen LogP contribution in [0.25, 0.3) is 0 Å². The average molecular weight is 399 g/mol. The van der Waals surface area contributed by atoms with E-state index in [2.05, 4.69) is 0 Å². The van der Waals surface area contributed by atoms with Crippen LogP contribution in [-0.2, 0) is 18.9 Å². The summed E-state index contributed by atoms with van der Waals surface area (Å²) in [5.74, 6) is 1.29. The lowest BCUT2D eigenvalue weighted by Gasteiger charge is -2.57. The van der Waals surface area contributed by atoms with Crippen molar-refractivity contribution in [2.75, 3.05) is 27.4 Å². The zero-order valence-corrected chi connectivity index (χ0v) is 17.8. The van der Waals surface area contributed by atoms with Crippen molar-refractivity contribution < 1.29 is 29.2 Å². The van der Waals surface area contributed by atoms with Gasteiger partial charge >= 0.3 is 0 Å². The topological polar surface area (TPSA) is 77.4 Å². The number of ether oxygens (including phenoxy) is 4. The van der Waals surface area contributed by atoms with E-state index in [9.17, 15) is 10.2 Å². The SMILES string of the molecule is COC1(C)O[C@H]2C[C@H]3C[C@@H]4C[C@H](CO)[C@@H](CO)C[C@@H]4C[C@H]3C[C@@H]2OC1(C)OC. The Morgan fingerprint density at radius 2 is 1.04 bits per heavy atom. The normalized spacial score (nSPS) is 53.8. The van der Waals surface area contributed by atoms with Crippen molar-refractivity contribution >= 4 is 0 Å². The van der Waals surface area contributed by atoms with Crippen LogP contribution in [-0.4, -0.2) is 61.4 Å². The molecule has 3 saturated carbocycles. The molecule has 6 heteroatoms. The van der Waals surface area contributed by atoms with Gasteiger partial charge in [-0.15, -0.1) is 0 Å². The highest BCUT2D eigenvalue weighted by Gasteiger charge is 2.59. The largest absolute Gasteiger partial charge is 0.396 e. The van der Waals surface area contributed by atoms with E-state index in [1.807, 2.05) is 13.8 Å². The number of aliphatic hydroxyl groups excluding tert-OH is 2. The first-order valence-corrected chi connectivity index (χ1v) is 11.0. The molecular weight excluding hydrogens is 360 g/mol. The molecule has 0 radical (unpaired) electrons. The third kappa shape index (κ3) is 3.34. The van der Waals surface area contributed by atoms with Crippen molar-refractivity contribution in [1.29, 1.82) is 0 Å². The maximum Gasteiger partial charge on any atom is 0.220 e. The Bertz CT molecular complexity index is 509. The first kappa shape index (κ1) is 21.0. The summed E-state index contributed by atoms with van der Waals surface area (Å²) < 4.78 is 24.3. The molecule has 0 bridgehead atoms. The summed E-state index contributed by atoms with van der Waals surface area (Å²) in [5, 5.41) is 19.5. The van der Waals surface area contributed by atoms with Gasteiger partial charge in [0, 0.05) is 27.4 Å². The van der Waals surface area contributed by atoms with Crippen molar-refractivity contribution in [2.24, 2.45) is 35.5 Å². The highest BCUT2D eigenvalue weighted by Crippen LogP contribution is 2.55. The first-order chi connectivity index (χ1) is 13.4. The molecule has 0 amide bonds. The minimum Gasteiger partial charge on any atom is -0.396 e. The van der Waals surface area contributed by atoms with Crippen molar-refractivity contribution in [2.45, 2.75) is 76.2 Å². The van der Waals surface area contributed by atoms with Gasteiger partial charge in [0.25, 0.3) is 0 Å². The molecule has 2 unspecified atom stereocenters. The second-order valence-electron chi connectivity index (χ2n) is 9.95. The molecule has 10 atom stereocenters. The maximum atomic E-state index is 9.75. The molecule has 4 aliphatic rings. The third-order valence-corrected chi connectivity index (χ3v) is 8.73. The van der Waals surface area contributed by atoms with Gasteiger partial charge in [0.2, 0.25) is 11.6 Å². The van der Waals surface area contributed by atoms with Gasteiger partial charge in [-0.25, -0.2) is 0 Å². The van der Waals surface area contributed by atoms with Crippen LogP contribution < -0.4 is 0 Å². The van der Waals surface area contributed by atoms with Crippen LogP contribution >= 0.6 is 0 Å². The maximum absolute atomic E-state index is 9.75. The van der Waals surface area contributed by atoms with E-state index in [4.69, 9.17) is 18.9 Å². The van der Waals surface area contributed by atoms with E-state index in [0.717, 1.165) is 25.7 Å². The van der Waals surface area contributed by atoms with E-state index < -0.39 is 11.6 Å². The van der Waals surface area contributed by atoms with Crippen molar-refractivity contribution in [3.05, 3.63) is 0 Å². The molecule has 2 N–H and O–H groups in total. The summed E-state index contributed by atoms with van der Waals surface area (Å²) >= 11 is 0. The van der Waals surface area contributed by atoms with Crippen molar-refractivity contribution in [1.82, 2.24) is 0 Å². The smallest absolute Gasteiger partial charge is 0.220 e. The minimum absolute atomic E-state index is 0.0356. The molecule has 6 nitrogen and oxygen atoms in total. The average Bonchev–Trinajstić information content (AvgIpc) is 2.70. The lowest BCUT2D eigenvalue weighted by atomic mass is 9.56. The Morgan fingerprint density at radius 3 is 1.36 bits per heavy atom. The van der Waals surface area contributed by atoms with Gasteiger partial charge in [-0.3, -0.25) is 0 Å². The standard InChI is InChI=1S/C22H38O6/c1-21(25-3)22(2,26-4)28-20-10-16-6-14-8-18(12-24)17(11-23)7-13(14)5-15(16)9-19(20)27-21/h13-20,23-24H,5-12H2,1-4H3/t13-,14+,15-,16+,17-,18-,19+,20+,21?,22?/m1/s1. The molecule has 1 saturated heterocycles. The van der Waals surface area contributed by atoms with Gasteiger partial charge < -0.3 is 29.2 Å². The summed E-state index contributed by atoms with van der Waals surface area (Å²) in [7, 11) is 3.29.